The summed E-state index contributed by atoms with van der Waals surface area (Å²) in [6.45, 7) is 3.88. The van der Waals surface area contributed by atoms with Crippen molar-refractivity contribution in [2.24, 2.45) is 0 Å². The number of rotatable bonds is 6. The van der Waals surface area contributed by atoms with Gasteiger partial charge in [-0.05, 0) is 26.8 Å². The molecule has 0 aromatic heterocycles. The summed E-state index contributed by atoms with van der Waals surface area (Å²) in [5, 5.41) is 3.02. The Kier molecular flexibility index (Phi) is 5.50. The molecule has 0 aliphatic heterocycles. The molecule has 0 bridgehead atoms. The number of hydrogen-bond donors (Lipinski definition) is 1. The maximum Gasteiger partial charge on any atom is 0.150 e. The molecule has 0 heterocycles. The van der Waals surface area contributed by atoms with Crippen LogP contribution in [-0.4, -0.2) is 33.0 Å². The molecule has 0 amide bonds. The average molecular weight is 193 g/mol. The minimum atomic E-state index is -2.78. The second kappa shape index (κ2) is 5.54. The highest BCUT2D eigenvalue weighted by molar-refractivity contribution is 7.91. The molecule has 4 heteroatoms. The molecule has 1 N–H and O–H groups in total. The monoisotopic (exact) mass is 193 g/mol. The Morgan fingerprint density at radius 1 is 1.33 bits per heavy atom. The van der Waals surface area contributed by atoms with Gasteiger partial charge in [0.1, 0.15) is 9.84 Å². The fraction of sp³-hybridized carbons (Fsp3) is 1.00. The number of sulfone groups is 1. The van der Waals surface area contributed by atoms with Gasteiger partial charge in [-0.1, -0.05) is 6.92 Å². The first-order chi connectivity index (χ1) is 5.52. The maximum atomic E-state index is 11.2. The summed E-state index contributed by atoms with van der Waals surface area (Å²) in [6, 6.07) is 0.289. The van der Waals surface area contributed by atoms with E-state index in [2.05, 4.69) is 5.32 Å². The second-order valence-corrected chi connectivity index (χ2v) is 5.43. The molecular formula is C8H19NO2S. The van der Waals surface area contributed by atoms with Crippen molar-refractivity contribution in [1.82, 2.24) is 5.32 Å². The average Bonchev–Trinajstić information content (AvgIpc) is 2.00. The molecule has 0 fully saturated rings. The van der Waals surface area contributed by atoms with Crippen LogP contribution in [0.5, 0.6) is 0 Å². The van der Waals surface area contributed by atoms with E-state index in [-0.39, 0.29) is 6.04 Å². The summed E-state index contributed by atoms with van der Waals surface area (Å²) in [5.41, 5.74) is 0. The molecule has 0 spiro atoms. The lowest BCUT2D eigenvalue weighted by Gasteiger charge is -2.09. The van der Waals surface area contributed by atoms with Crippen molar-refractivity contribution in [3.63, 3.8) is 0 Å². The van der Waals surface area contributed by atoms with Gasteiger partial charge in [-0.25, -0.2) is 8.42 Å². The standard InChI is InChI=1S/C8H19NO2S/c1-4-6-12(10,11)7-5-8(2)9-3/h8-9H,4-7H2,1-3H3. The highest BCUT2D eigenvalue weighted by Gasteiger charge is 2.10. The smallest absolute Gasteiger partial charge is 0.150 e. The zero-order chi connectivity index (χ0) is 9.61. The van der Waals surface area contributed by atoms with Crippen LogP contribution in [0.25, 0.3) is 0 Å². The van der Waals surface area contributed by atoms with Crippen molar-refractivity contribution in [2.75, 3.05) is 18.6 Å². The van der Waals surface area contributed by atoms with Gasteiger partial charge >= 0.3 is 0 Å². The van der Waals surface area contributed by atoms with Crippen LogP contribution in [0, 0.1) is 0 Å². The molecule has 0 aliphatic carbocycles. The minimum absolute atomic E-state index is 0.289. The van der Waals surface area contributed by atoms with Crippen LogP contribution >= 0.6 is 0 Å². The van der Waals surface area contributed by atoms with Gasteiger partial charge in [-0.15, -0.1) is 0 Å². The molecule has 0 saturated heterocycles. The van der Waals surface area contributed by atoms with E-state index < -0.39 is 9.84 Å². The van der Waals surface area contributed by atoms with E-state index in [4.69, 9.17) is 0 Å². The predicted octanol–water partition coefficient (Wildman–Crippen LogP) is 0.809. The summed E-state index contributed by atoms with van der Waals surface area (Å²) >= 11 is 0. The lowest BCUT2D eigenvalue weighted by Crippen LogP contribution is -2.25. The van der Waals surface area contributed by atoms with E-state index in [0.717, 1.165) is 6.42 Å². The molecule has 0 rings (SSSR count). The topological polar surface area (TPSA) is 46.2 Å². The molecule has 0 saturated carbocycles. The third-order valence-corrected chi connectivity index (χ3v) is 3.76. The van der Waals surface area contributed by atoms with Crippen LogP contribution in [0.1, 0.15) is 26.7 Å². The fourth-order valence-corrected chi connectivity index (χ4v) is 2.45. The van der Waals surface area contributed by atoms with E-state index in [9.17, 15) is 8.42 Å². The fourth-order valence-electron chi connectivity index (χ4n) is 0.914. The molecule has 1 unspecified atom stereocenters. The van der Waals surface area contributed by atoms with Crippen LogP contribution < -0.4 is 5.32 Å². The Hall–Kier alpha value is -0.0900. The third kappa shape index (κ3) is 5.55. The van der Waals surface area contributed by atoms with Crippen molar-refractivity contribution in [3.8, 4) is 0 Å². The van der Waals surface area contributed by atoms with Crippen LogP contribution in [0.15, 0.2) is 0 Å². The molecule has 12 heavy (non-hydrogen) atoms. The summed E-state index contributed by atoms with van der Waals surface area (Å²) < 4.78 is 22.4. The van der Waals surface area contributed by atoms with Gasteiger partial charge in [0, 0.05) is 11.8 Å². The zero-order valence-electron chi connectivity index (χ0n) is 8.13. The van der Waals surface area contributed by atoms with Crippen LogP contribution in [0.3, 0.4) is 0 Å². The molecule has 0 aromatic rings. The summed E-state index contributed by atoms with van der Waals surface area (Å²) in [6.07, 6.45) is 1.43. The molecule has 1 atom stereocenters. The van der Waals surface area contributed by atoms with Gasteiger partial charge in [0.2, 0.25) is 0 Å². The van der Waals surface area contributed by atoms with Crippen LogP contribution in [0.2, 0.25) is 0 Å². The Bertz CT molecular complexity index is 199. The van der Waals surface area contributed by atoms with Gasteiger partial charge in [-0.2, -0.15) is 0 Å². The van der Waals surface area contributed by atoms with E-state index in [1.165, 1.54) is 0 Å². The first kappa shape index (κ1) is 11.9. The molecule has 74 valence electrons. The Labute approximate surface area is 75.5 Å². The van der Waals surface area contributed by atoms with Crippen molar-refractivity contribution in [2.45, 2.75) is 32.7 Å². The maximum absolute atomic E-state index is 11.2. The van der Waals surface area contributed by atoms with E-state index >= 15 is 0 Å². The Morgan fingerprint density at radius 2 is 1.92 bits per heavy atom. The lowest BCUT2D eigenvalue weighted by molar-refractivity contribution is 0.564. The number of hydrogen-bond acceptors (Lipinski definition) is 3. The quantitative estimate of drug-likeness (QED) is 0.679. The lowest BCUT2D eigenvalue weighted by atomic mass is 10.3. The van der Waals surface area contributed by atoms with Crippen molar-refractivity contribution in [3.05, 3.63) is 0 Å². The third-order valence-electron chi connectivity index (χ3n) is 1.87. The molecule has 0 aliphatic rings. The van der Waals surface area contributed by atoms with E-state index in [1.807, 2.05) is 20.9 Å². The van der Waals surface area contributed by atoms with Gasteiger partial charge in [-0.3, -0.25) is 0 Å². The van der Waals surface area contributed by atoms with Crippen LogP contribution in [-0.2, 0) is 9.84 Å². The minimum Gasteiger partial charge on any atom is -0.317 e. The largest absolute Gasteiger partial charge is 0.317 e. The van der Waals surface area contributed by atoms with Crippen molar-refractivity contribution < 1.29 is 8.42 Å². The second-order valence-electron chi connectivity index (χ2n) is 3.13. The Balaban J connectivity index is 3.76. The first-order valence-corrected chi connectivity index (χ1v) is 6.21. The van der Waals surface area contributed by atoms with Crippen LogP contribution in [0.4, 0.5) is 0 Å². The highest BCUT2D eigenvalue weighted by Crippen LogP contribution is 1.99. The van der Waals surface area contributed by atoms with Gasteiger partial charge in [0.25, 0.3) is 0 Å². The van der Waals surface area contributed by atoms with Gasteiger partial charge < -0.3 is 5.32 Å². The highest BCUT2D eigenvalue weighted by atomic mass is 32.2. The number of nitrogens with one attached hydrogen (secondary N) is 1. The van der Waals surface area contributed by atoms with Gasteiger partial charge in [0.05, 0.1) is 5.75 Å². The van der Waals surface area contributed by atoms with Crippen molar-refractivity contribution >= 4 is 9.84 Å². The van der Waals surface area contributed by atoms with E-state index in [1.54, 1.807) is 0 Å². The summed E-state index contributed by atoms with van der Waals surface area (Å²) in [7, 11) is -0.932. The molecule has 3 nitrogen and oxygen atoms in total. The van der Waals surface area contributed by atoms with Gasteiger partial charge in [0.15, 0.2) is 0 Å². The van der Waals surface area contributed by atoms with E-state index in [0.29, 0.717) is 17.9 Å². The predicted molar refractivity (Wildman–Crippen MR) is 52.1 cm³/mol. The summed E-state index contributed by atoms with van der Waals surface area (Å²) in [4.78, 5) is 0. The molecule has 0 radical (unpaired) electrons. The molecule has 0 aromatic carbocycles. The zero-order valence-corrected chi connectivity index (χ0v) is 8.95. The SMILES string of the molecule is CCCS(=O)(=O)CCC(C)NC. The normalized spacial score (nSPS) is 14.6. The van der Waals surface area contributed by atoms with Crippen molar-refractivity contribution in [1.29, 1.82) is 0 Å². The Morgan fingerprint density at radius 3 is 2.33 bits per heavy atom. The summed E-state index contributed by atoms with van der Waals surface area (Å²) in [5.74, 6) is 0.631. The first-order valence-electron chi connectivity index (χ1n) is 4.39. The molecular weight excluding hydrogens is 174 g/mol.